The van der Waals surface area contributed by atoms with E-state index >= 15 is 0 Å². The molecule has 12 aromatic rings. The van der Waals surface area contributed by atoms with E-state index < -0.39 is 0 Å². The predicted octanol–water partition coefficient (Wildman–Crippen LogP) is 16.9. The van der Waals surface area contributed by atoms with Crippen molar-refractivity contribution in [1.82, 2.24) is 9.97 Å². The van der Waals surface area contributed by atoms with Gasteiger partial charge in [0.1, 0.15) is 0 Å². The smallest absolute Gasteiger partial charge is 0.160 e. The van der Waals surface area contributed by atoms with Crippen molar-refractivity contribution < 1.29 is 0 Å². The van der Waals surface area contributed by atoms with Gasteiger partial charge in [0.05, 0.1) is 11.4 Å². The van der Waals surface area contributed by atoms with Crippen LogP contribution in [-0.2, 0) is 0 Å². The number of hydrogen-bond donors (Lipinski definition) is 0. The van der Waals surface area contributed by atoms with Gasteiger partial charge in [-0.05, 0) is 93.0 Å². The summed E-state index contributed by atoms with van der Waals surface area (Å²) in [4.78, 5) is 10.7. The van der Waals surface area contributed by atoms with Gasteiger partial charge in [0.15, 0.2) is 5.82 Å². The van der Waals surface area contributed by atoms with Crippen molar-refractivity contribution in [3.8, 4) is 78.4 Å². The first kappa shape index (κ1) is 36.4. The first-order valence-corrected chi connectivity index (χ1v) is 22.5. The summed E-state index contributed by atoms with van der Waals surface area (Å²) >= 11 is 3.73. The Bertz CT molecular complexity index is 3510. The Labute approximate surface area is 367 Å². The van der Waals surface area contributed by atoms with E-state index in [-0.39, 0.29) is 0 Å². The molecule has 0 atom stereocenters. The number of rotatable bonds is 7. The zero-order valence-corrected chi connectivity index (χ0v) is 35.1. The van der Waals surface area contributed by atoms with Crippen molar-refractivity contribution in [3.63, 3.8) is 0 Å². The molecule has 3 heterocycles. The number of hydrogen-bond acceptors (Lipinski definition) is 4. The first-order valence-electron chi connectivity index (χ1n) is 20.9. The van der Waals surface area contributed by atoms with Crippen LogP contribution in [0, 0.1) is 0 Å². The molecule has 0 aliphatic carbocycles. The first-order chi connectivity index (χ1) is 30.7. The highest BCUT2D eigenvalue weighted by molar-refractivity contribution is 7.26. The Kier molecular flexibility index (Phi) is 8.91. The lowest BCUT2D eigenvalue weighted by Gasteiger charge is -2.14. The van der Waals surface area contributed by atoms with E-state index in [1.807, 2.05) is 28.7 Å². The van der Waals surface area contributed by atoms with Gasteiger partial charge in [0.2, 0.25) is 0 Å². The zero-order chi connectivity index (χ0) is 41.0. The molecule has 0 spiro atoms. The third kappa shape index (κ3) is 6.49. The summed E-state index contributed by atoms with van der Waals surface area (Å²) in [5.41, 5.74) is 14.3. The fraction of sp³-hybridized carbons (Fsp3) is 0. The molecule has 3 aromatic heterocycles. The largest absolute Gasteiger partial charge is 0.228 e. The lowest BCUT2D eigenvalue weighted by Crippen LogP contribution is -1.97. The maximum atomic E-state index is 5.38. The molecule has 62 heavy (non-hydrogen) atoms. The molecule has 0 fully saturated rings. The number of fused-ring (bicyclic) bond motifs is 6. The van der Waals surface area contributed by atoms with Crippen LogP contribution in [0.5, 0.6) is 0 Å². The van der Waals surface area contributed by atoms with Gasteiger partial charge in [-0.2, -0.15) is 0 Å². The van der Waals surface area contributed by atoms with Gasteiger partial charge < -0.3 is 0 Å². The average molecular weight is 825 g/mol. The van der Waals surface area contributed by atoms with Crippen LogP contribution in [0.4, 0.5) is 0 Å². The van der Waals surface area contributed by atoms with Gasteiger partial charge >= 0.3 is 0 Å². The van der Waals surface area contributed by atoms with E-state index in [0.717, 1.165) is 50.3 Å². The predicted molar refractivity (Wildman–Crippen MR) is 266 cm³/mol. The fourth-order valence-electron chi connectivity index (χ4n) is 8.86. The summed E-state index contributed by atoms with van der Waals surface area (Å²) in [6, 6.07) is 78.7. The van der Waals surface area contributed by atoms with E-state index in [1.165, 1.54) is 62.6 Å². The maximum Gasteiger partial charge on any atom is 0.160 e. The average Bonchev–Trinajstić information content (AvgIpc) is 3.93. The quantitative estimate of drug-likeness (QED) is 0.160. The van der Waals surface area contributed by atoms with Gasteiger partial charge in [-0.3, -0.25) is 0 Å². The lowest BCUT2D eigenvalue weighted by molar-refractivity contribution is 1.18. The molecule has 0 unspecified atom stereocenters. The van der Waals surface area contributed by atoms with Crippen LogP contribution in [0.2, 0.25) is 0 Å². The van der Waals surface area contributed by atoms with E-state index in [0.29, 0.717) is 5.82 Å². The SMILES string of the molecule is c1ccc(-c2cccc(-c3cccc(-c4cc(-c5cc(-c6cccc7c6sc6ccccc67)cc(-c6cccc7c6sc6ccccc67)c5)nc(-c5ccccc5)n4)c3)c2)cc1. The molecule has 2 nitrogen and oxygen atoms in total. The molecule has 0 bridgehead atoms. The molecule has 0 saturated carbocycles. The Morgan fingerprint density at radius 1 is 0.258 bits per heavy atom. The summed E-state index contributed by atoms with van der Waals surface area (Å²) in [6.45, 7) is 0. The standard InChI is InChI=1S/C58H36N2S2/c1-3-15-37(16-4-1)39-19-11-20-40(31-39)41-21-12-22-42(32-41)52-36-53(60-58(59-52)38-17-5-2-6-18-38)45-34-43(46-25-13-27-50-48-23-7-9-29-54(48)61-56(46)50)33-44(35-45)47-26-14-28-51-49-24-8-10-30-55(49)62-57(47)51/h1-36H. The van der Waals surface area contributed by atoms with Crippen molar-refractivity contribution in [2.75, 3.05) is 0 Å². The summed E-state index contributed by atoms with van der Waals surface area (Å²) in [7, 11) is 0. The summed E-state index contributed by atoms with van der Waals surface area (Å²) in [5.74, 6) is 0.694. The monoisotopic (exact) mass is 824 g/mol. The van der Waals surface area contributed by atoms with Gasteiger partial charge in [-0.1, -0.05) is 170 Å². The highest BCUT2D eigenvalue weighted by atomic mass is 32.1. The van der Waals surface area contributed by atoms with Crippen molar-refractivity contribution in [3.05, 3.63) is 218 Å². The Morgan fingerprint density at radius 3 is 1.23 bits per heavy atom. The van der Waals surface area contributed by atoms with Crippen LogP contribution in [0.3, 0.4) is 0 Å². The second-order valence-electron chi connectivity index (χ2n) is 15.7. The molecular weight excluding hydrogens is 789 g/mol. The number of thiophene rings is 2. The molecule has 0 aliphatic heterocycles. The third-order valence-corrected chi connectivity index (χ3v) is 14.3. The minimum atomic E-state index is 0.694. The van der Waals surface area contributed by atoms with Gasteiger partial charge in [0, 0.05) is 57.0 Å². The fourth-order valence-corrected chi connectivity index (χ4v) is 11.3. The Morgan fingerprint density at radius 2 is 0.645 bits per heavy atom. The van der Waals surface area contributed by atoms with Crippen LogP contribution in [-0.4, -0.2) is 9.97 Å². The molecule has 4 heteroatoms. The summed E-state index contributed by atoms with van der Waals surface area (Å²) < 4.78 is 5.17. The minimum absolute atomic E-state index is 0.694. The molecule has 0 amide bonds. The van der Waals surface area contributed by atoms with Gasteiger partial charge in [-0.15, -0.1) is 22.7 Å². The van der Waals surface area contributed by atoms with Crippen molar-refractivity contribution in [2.45, 2.75) is 0 Å². The van der Waals surface area contributed by atoms with E-state index in [9.17, 15) is 0 Å². The van der Waals surface area contributed by atoms with Crippen LogP contribution in [0.25, 0.3) is 119 Å². The molecule has 0 aliphatic rings. The van der Waals surface area contributed by atoms with Crippen LogP contribution >= 0.6 is 22.7 Å². The van der Waals surface area contributed by atoms with Crippen LogP contribution in [0.1, 0.15) is 0 Å². The number of nitrogens with zero attached hydrogens (tertiary/aromatic N) is 2. The van der Waals surface area contributed by atoms with E-state index in [4.69, 9.17) is 9.97 Å². The summed E-state index contributed by atoms with van der Waals surface area (Å²) in [5, 5.41) is 5.16. The second-order valence-corrected chi connectivity index (χ2v) is 17.8. The van der Waals surface area contributed by atoms with Gasteiger partial charge in [0.25, 0.3) is 0 Å². The Balaban J connectivity index is 1.07. The van der Waals surface area contributed by atoms with E-state index in [1.54, 1.807) is 0 Å². The van der Waals surface area contributed by atoms with E-state index in [2.05, 4.69) is 212 Å². The number of benzene rings is 9. The summed E-state index contributed by atoms with van der Waals surface area (Å²) in [6.07, 6.45) is 0. The van der Waals surface area contributed by atoms with Crippen molar-refractivity contribution in [1.29, 1.82) is 0 Å². The second kappa shape index (κ2) is 15.2. The highest BCUT2D eigenvalue weighted by Crippen LogP contribution is 2.45. The zero-order valence-electron chi connectivity index (χ0n) is 33.5. The normalized spacial score (nSPS) is 11.5. The van der Waals surface area contributed by atoms with Crippen LogP contribution < -0.4 is 0 Å². The lowest BCUT2D eigenvalue weighted by atomic mass is 9.93. The minimum Gasteiger partial charge on any atom is -0.228 e. The molecule has 12 rings (SSSR count). The van der Waals surface area contributed by atoms with Crippen molar-refractivity contribution in [2.24, 2.45) is 0 Å². The molecule has 0 saturated heterocycles. The highest BCUT2D eigenvalue weighted by Gasteiger charge is 2.18. The maximum absolute atomic E-state index is 5.38. The third-order valence-electron chi connectivity index (χ3n) is 11.9. The van der Waals surface area contributed by atoms with Crippen LogP contribution in [0.15, 0.2) is 218 Å². The number of aromatic nitrogens is 2. The molecule has 9 aromatic carbocycles. The van der Waals surface area contributed by atoms with Gasteiger partial charge in [-0.25, -0.2) is 9.97 Å². The topological polar surface area (TPSA) is 25.8 Å². The van der Waals surface area contributed by atoms with Crippen molar-refractivity contribution >= 4 is 63.0 Å². The molecule has 0 N–H and O–H groups in total. The Hall–Kier alpha value is -7.50. The molecule has 0 radical (unpaired) electrons. The molecule has 290 valence electrons. The molecular formula is C58H36N2S2.